The van der Waals surface area contributed by atoms with Gasteiger partial charge in [-0.15, -0.1) is 0 Å². The molecular formula is C16H19FN2. The lowest BCUT2D eigenvalue weighted by Gasteiger charge is -2.10. The lowest BCUT2D eigenvalue weighted by Crippen LogP contribution is -2.22. The lowest BCUT2D eigenvalue weighted by molar-refractivity contribution is 0.553. The Morgan fingerprint density at radius 2 is 1.89 bits per heavy atom. The van der Waals surface area contributed by atoms with Crippen LogP contribution in [0.1, 0.15) is 25.1 Å². The van der Waals surface area contributed by atoms with Crippen LogP contribution in [0.3, 0.4) is 0 Å². The second kappa shape index (κ2) is 5.93. The first-order valence-electron chi connectivity index (χ1n) is 6.51. The van der Waals surface area contributed by atoms with E-state index in [9.17, 15) is 4.39 Å². The molecule has 1 heterocycles. The standard InChI is InChI=1S/C16H19FN2/c1-11(2)18-10-15-7-6-13(8-16(15)17)14-5-4-12(3)19-9-14/h4-9,11,18H,10H2,1-3H3. The van der Waals surface area contributed by atoms with Crippen molar-refractivity contribution in [1.29, 1.82) is 0 Å². The predicted molar refractivity (Wildman–Crippen MR) is 76.3 cm³/mol. The third-order valence-electron chi connectivity index (χ3n) is 3.00. The SMILES string of the molecule is Cc1ccc(-c2ccc(CNC(C)C)c(F)c2)cn1. The van der Waals surface area contributed by atoms with Crippen molar-refractivity contribution in [2.45, 2.75) is 33.4 Å². The van der Waals surface area contributed by atoms with Crippen molar-refractivity contribution in [2.24, 2.45) is 0 Å². The number of nitrogens with one attached hydrogen (secondary N) is 1. The molecular weight excluding hydrogens is 239 g/mol. The maximum absolute atomic E-state index is 14.0. The van der Waals surface area contributed by atoms with E-state index in [1.807, 2.05) is 45.0 Å². The molecule has 0 saturated carbocycles. The molecule has 3 heteroatoms. The molecule has 100 valence electrons. The van der Waals surface area contributed by atoms with E-state index in [-0.39, 0.29) is 5.82 Å². The van der Waals surface area contributed by atoms with Crippen LogP contribution in [0.4, 0.5) is 4.39 Å². The maximum atomic E-state index is 14.0. The zero-order chi connectivity index (χ0) is 13.8. The fourth-order valence-electron chi connectivity index (χ4n) is 1.82. The number of hydrogen-bond donors (Lipinski definition) is 1. The Hall–Kier alpha value is -1.74. The summed E-state index contributed by atoms with van der Waals surface area (Å²) in [5.41, 5.74) is 3.45. The van der Waals surface area contributed by atoms with E-state index in [0.717, 1.165) is 16.8 Å². The van der Waals surface area contributed by atoms with Gasteiger partial charge in [-0.25, -0.2) is 4.39 Å². The van der Waals surface area contributed by atoms with Gasteiger partial charge in [0.2, 0.25) is 0 Å². The average Bonchev–Trinajstić information content (AvgIpc) is 2.38. The minimum absolute atomic E-state index is 0.175. The number of halogens is 1. The molecule has 0 fully saturated rings. The van der Waals surface area contributed by atoms with Gasteiger partial charge in [0.25, 0.3) is 0 Å². The number of aromatic nitrogens is 1. The van der Waals surface area contributed by atoms with Crippen LogP contribution in [0.25, 0.3) is 11.1 Å². The van der Waals surface area contributed by atoms with Gasteiger partial charge in [-0.1, -0.05) is 32.0 Å². The number of aryl methyl sites for hydroxylation is 1. The number of rotatable bonds is 4. The third-order valence-corrected chi connectivity index (χ3v) is 3.00. The van der Waals surface area contributed by atoms with Crippen LogP contribution in [-0.4, -0.2) is 11.0 Å². The monoisotopic (exact) mass is 258 g/mol. The highest BCUT2D eigenvalue weighted by Crippen LogP contribution is 2.21. The molecule has 19 heavy (non-hydrogen) atoms. The molecule has 0 spiro atoms. The highest BCUT2D eigenvalue weighted by atomic mass is 19.1. The fraction of sp³-hybridized carbons (Fsp3) is 0.312. The second-order valence-electron chi connectivity index (χ2n) is 5.03. The topological polar surface area (TPSA) is 24.9 Å². The molecule has 0 aliphatic rings. The minimum Gasteiger partial charge on any atom is -0.310 e. The molecule has 1 aromatic carbocycles. The van der Waals surface area contributed by atoms with Crippen LogP contribution in [0, 0.1) is 12.7 Å². The van der Waals surface area contributed by atoms with Crippen molar-refractivity contribution in [2.75, 3.05) is 0 Å². The first-order chi connectivity index (χ1) is 9.06. The van der Waals surface area contributed by atoms with Gasteiger partial charge in [0.15, 0.2) is 0 Å². The van der Waals surface area contributed by atoms with Gasteiger partial charge in [-0.3, -0.25) is 4.98 Å². The molecule has 2 nitrogen and oxygen atoms in total. The number of hydrogen-bond acceptors (Lipinski definition) is 2. The number of pyridine rings is 1. The van der Waals surface area contributed by atoms with Crippen LogP contribution < -0.4 is 5.32 Å². The summed E-state index contributed by atoms with van der Waals surface area (Å²) < 4.78 is 14.0. The molecule has 0 amide bonds. The summed E-state index contributed by atoms with van der Waals surface area (Å²) in [6, 6.07) is 9.58. The molecule has 2 aromatic rings. The lowest BCUT2D eigenvalue weighted by atomic mass is 10.0. The normalized spacial score (nSPS) is 11.0. The largest absolute Gasteiger partial charge is 0.310 e. The molecule has 0 aliphatic heterocycles. The van der Waals surface area contributed by atoms with Crippen molar-refractivity contribution < 1.29 is 4.39 Å². The van der Waals surface area contributed by atoms with E-state index in [4.69, 9.17) is 0 Å². The van der Waals surface area contributed by atoms with Gasteiger partial charge in [0.05, 0.1) is 0 Å². The molecule has 0 saturated heterocycles. The first kappa shape index (κ1) is 13.7. The minimum atomic E-state index is -0.175. The van der Waals surface area contributed by atoms with Crippen molar-refractivity contribution in [3.63, 3.8) is 0 Å². The molecule has 0 bridgehead atoms. The zero-order valence-corrected chi connectivity index (χ0v) is 11.6. The van der Waals surface area contributed by atoms with Gasteiger partial charge >= 0.3 is 0 Å². The molecule has 0 atom stereocenters. The highest BCUT2D eigenvalue weighted by molar-refractivity contribution is 5.62. The summed E-state index contributed by atoms with van der Waals surface area (Å²) >= 11 is 0. The van der Waals surface area contributed by atoms with E-state index >= 15 is 0 Å². The Morgan fingerprint density at radius 1 is 1.16 bits per heavy atom. The summed E-state index contributed by atoms with van der Waals surface area (Å²) in [5.74, 6) is -0.175. The first-order valence-corrected chi connectivity index (χ1v) is 6.51. The van der Waals surface area contributed by atoms with Crippen LogP contribution in [-0.2, 0) is 6.54 Å². The van der Waals surface area contributed by atoms with E-state index in [1.54, 1.807) is 12.3 Å². The average molecular weight is 258 g/mol. The molecule has 1 N–H and O–H groups in total. The van der Waals surface area contributed by atoms with Gasteiger partial charge in [0.1, 0.15) is 5.82 Å². The highest BCUT2D eigenvalue weighted by Gasteiger charge is 2.06. The van der Waals surface area contributed by atoms with Crippen LogP contribution >= 0.6 is 0 Å². The predicted octanol–water partition coefficient (Wildman–Crippen LogP) is 3.69. The molecule has 1 aromatic heterocycles. The van der Waals surface area contributed by atoms with Crippen LogP contribution in [0.2, 0.25) is 0 Å². The van der Waals surface area contributed by atoms with Crippen LogP contribution in [0.15, 0.2) is 36.5 Å². The Balaban J connectivity index is 2.21. The Labute approximate surface area is 113 Å². The Kier molecular flexibility index (Phi) is 4.27. The zero-order valence-electron chi connectivity index (χ0n) is 11.6. The number of benzene rings is 1. The summed E-state index contributed by atoms with van der Waals surface area (Å²) in [6.45, 7) is 6.58. The van der Waals surface area contributed by atoms with E-state index < -0.39 is 0 Å². The van der Waals surface area contributed by atoms with Gasteiger partial charge < -0.3 is 5.32 Å². The Morgan fingerprint density at radius 3 is 2.47 bits per heavy atom. The fourth-order valence-corrected chi connectivity index (χ4v) is 1.82. The van der Waals surface area contributed by atoms with Crippen LogP contribution in [0.5, 0.6) is 0 Å². The van der Waals surface area contributed by atoms with Crippen molar-refractivity contribution in [3.05, 3.63) is 53.6 Å². The van der Waals surface area contributed by atoms with E-state index in [1.165, 1.54) is 0 Å². The van der Waals surface area contributed by atoms with Crippen molar-refractivity contribution in [3.8, 4) is 11.1 Å². The molecule has 2 rings (SSSR count). The number of nitrogens with zero attached hydrogens (tertiary/aromatic N) is 1. The molecule has 0 unspecified atom stereocenters. The quantitative estimate of drug-likeness (QED) is 0.904. The summed E-state index contributed by atoms with van der Waals surface area (Å²) in [5, 5.41) is 3.22. The van der Waals surface area contributed by atoms with Crippen molar-refractivity contribution >= 4 is 0 Å². The summed E-state index contributed by atoms with van der Waals surface area (Å²) in [6.07, 6.45) is 1.77. The second-order valence-corrected chi connectivity index (χ2v) is 5.03. The van der Waals surface area contributed by atoms with Gasteiger partial charge in [-0.2, -0.15) is 0 Å². The van der Waals surface area contributed by atoms with Gasteiger partial charge in [-0.05, 0) is 24.6 Å². The smallest absolute Gasteiger partial charge is 0.128 e. The maximum Gasteiger partial charge on any atom is 0.128 e. The van der Waals surface area contributed by atoms with Crippen molar-refractivity contribution in [1.82, 2.24) is 10.3 Å². The Bertz CT molecular complexity index is 547. The van der Waals surface area contributed by atoms with E-state index in [0.29, 0.717) is 18.2 Å². The third kappa shape index (κ3) is 3.61. The molecule has 0 radical (unpaired) electrons. The summed E-state index contributed by atoms with van der Waals surface area (Å²) in [4.78, 5) is 4.23. The van der Waals surface area contributed by atoms with Gasteiger partial charge in [0, 0.05) is 35.6 Å². The van der Waals surface area contributed by atoms with E-state index in [2.05, 4.69) is 10.3 Å². The molecule has 0 aliphatic carbocycles. The summed E-state index contributed by atoms with van der Waals surface area (Å²) in [7, 11) is 0.